The average Bonchev–Trinajstić information content (AvgIpc) is 2.79. The molecule has 1 heterocycles. The zero-order chi connectivity index (χ0) is 22.6. The second-order valence-corrected chi connectivity index (χ2v) is 8.15. The molecule has 0 aliphatic carbocycles. The molecular weight excluding hydrogens is 454 g/mol. The smallest absolute Gasteiger partial charge is 0.373 e. The average molecular weight is 480 g/mol. The van der Waals surface area contributed by atoms with Crippen molar-refractivity contribution in [2.75, 3.05) is 13.1 Å². The molecule has 4 rings (SSSR count). The Bertz CT molecular complexity index is 974. The summed E-state index contributed by atoms with van der Waals surface area (Å²) in [5, 5.41) is 3.43. The van der Waals surface area contributed by atoms with E-state index in [1.54, 1.807) is 0 Å². The van der Waals surface area contributed by atoms with E-state index in [-0.39, 0.29) is 42.5 Å². The van der Waals surface area contributed by atoms with E-state index in [1.807, 2.05) is 36.4 Å². The van der Waals surface area contributed by atoms with Crippen LogP contribution in [0, 0.1) is 11.7 Å². The zero-order valence-corrected chi connectivity index (χ0v) is 18.7. The van der Waals surface area contributed by atoms with Crippen LogP contribution in [0.5, 0.6) is 0 Å². The highest BCUT2D eigenvalue weighted by Crippen LogP contribution is 2.37. The number of hydrogen-bond donors (Lipinski definition) is 1. The zero-order valence-electron chi connectivity index (χ0n) is 17.9. The van der Waals surface area contributed by atoms with E-state index in [0.717, 1.165) is 42.8 Å². The predicted octanol–water partition coefficient (Wildman–Crippen LogP) is 6.59. The van der Waals surface area contributed by atoms with Crippen molar-refractivity contribution in [3.8, 4) is 0 Å². The molecule has 2 atom stereocenters. The molecule has 33 heavy (non-hydrogen) atoms. The second-order valence-electron chi connectivity index (χ2n) is 8.15. The Labute approximate surface area is 197 Å². The quantitative estimate of drug-likeness (QED) is 0.402. The Kier molecular flexibility index (Phi) is 8.51. The van der Waals surface area contributed by atoms with Crippen molar-refractivity contribution < 1.29 is 22.3 Å². The Morgan fingerprint density at radius 1 is 0.909 bits per heavy atom. The third-order valence-corrected chi connectivity index (χ3v) is 5.96. The molecule has 1 aliphatic rings. The van der Waals surface area contributed by atoms with Gasteiger partial charge in [0.05, 0.1) is 18.3 Å². The van der Waals surface area contributed by atoms with Crippen LogP contribution < -0.4 is 5.32 Å². The monoisotopic (exact) mass is 479 g/mol. The van der Waals surface area contributed by atoms with Gasteiger partial charge in [-0.2, -0.15) is 13.2 Å². The number of hydrogen-bond acceptors (Lipinski definition) is 2. The molecule has 7 heteroatoms. The van der Waals surface area contributed by atoms with Crippen molar-refractivity contribution in [1.82, 2.24) is 5.32 Å². The highest BCUT2D eigenvalue weighted by Gasteiger charge is 2.35. The number of benzene rings is 3. The molecule has 176 valence electrons. The van der Waals surface area contributed by atoms with Crippen LogP contribution in [-0.4, -0.2) is 19.2 Å². The van der Waals surface area contributed by atoms with E-state index in [4.69, 9.17) is 4.74 Å². The number of nitrogens with one attached hydrogen (secondary N) is 1. The van der Waals surface area contributed by atoms with Crippen LogP contribution in [0.25, 0.3) is 0 Å². The van der Waals surface area contributed by atoms with E-state index in [9.17, 15) is 17.6 Å². The molecular formula is C26H26ClF4NO. The summed E-state index contributed by atoms with van der Waals surface area (Å²) in [7, 11) is 0. The summed E-state index contributed by atoms with van der Waals surface area (Å²) in [4.78, 5) is 0. The summed E-state index contributed by atoms with van der Waals surface area (Å²) in [6.45, 7) is 1.41. The SMILES string of the molecule is Cl.Fc1cc(CO[C@@H]2CCNC[C@@H]2C(c2ccccc2)c2ccccc2)cc(C(F)(F)F)c1. The molecule has 2 nitrogen and oxygen atoms in total. The van der Waals surface area contributed by atoms with E-state index in [1.165, 1.54) is 0 Å². The van der Waals surface area contributed by atoms with Gasteiger partial charge in [0, 0.05) is 18.4 Å². The van der Waals surface area contributed by atoms with E-state index >= 15 is 0 Å². The lowest BCUT2D eigenvalue weighted by Crippen LogP contribution is -2.44. The van der Waals surface area contributed by atoms with Gasteiger partial charge < -0.3 is 10.1 Å². The van der Waals surface area contributed by atoms with Gasteiger partial charge in [0.15, 0.2) is 0 Å². The molecule has 3 aromatic rings. The van der Waals surface area contributed by atoms with E-state index in [0.29, 0.717) is 6.07 Å². The van der Waals surface area contributed by atoms with Gasteiger partial charge >= 0.3 is 6.18 Å². The maximum absolute atomic E-state index is 13.8. The maximum Gasteiger partial charge on any atom is 0.416 e. The van der Waals surface area contributed by atoms with Gasteiger partial charge in [0.25, 0.3) is 0 Å². The van der Waals surface area contributed by atoms with Crippen LogP contribution in [0.15, 0.2) is 78.9 Å². The molecule has 0 bridgehead atoms. The maximum atomic E-state index is 13.8. The van der Waals surface area contributed by atoms with Crippen molar-refractivity contribution in [2.24, 2.45) is 5.92 Å². The fraction of sp³-hybridized carbons (Fsp3) is 0.308. The van der Waals surface area contributed by atoms with Crippen molar-refractivity contribution in [3.63, 3.8) is 0 Å². The van der Waals surface area contributed by atoms with Gasteiger partial charge in [0.1, 0.15) is 5.82 Å². The molecule has 0 saturated carbocycles. The largest absolute Gasteiger partial charge is 0.416 e. The minimum atomic E-state index is -4.60. The lowest BCUT2D eigenvalue weighted by molar-refractivity contribution is -0.137. The number of ether oxygens (including phenoxy) is 1. The first-order valence-electron chi connectivity index (χ1n) is 10.7. The summed E-state index contributed by atoms with van der Waals surface area (Å²) in [6.07, 6.45) is -4.05. The third kappa shape index (κ3) is 6.34. The fourth-order valence-corrected chi connectivity index (χ4v) is 4.51. The Morgan fingerprint density at radius 3 is 2.09 bits per heavy atom. The molecule has 0 unspecified atom stereocenters. The Balaban J connectivity index is 0.00000306. The number of piperidine rings is 1. The Hall–Kier alpha value is -2.41. The van der Waals surface area contributed by atoms with Crippen LogP contribution >= 0.6 is 12.4 Å². The molecule has 0 aromatic heterocycles. The predicted molar refractivity (Wildman–Crippen MR) is 123 cm³/mol. The summed E-state index contributed by atoms with van der Waals surface area (Å²) in [6, 6.07) is 22.9. The lowest BCUT2D eigenvalue weighted by atomic mass is 9.76. The van der Waals surface area contributed by atoms with Gasteiger partial charge in [-0.05, 0) is 47.9 Å². The molecule has 0 amide bonds. The molecule has 1 saturated heterocycles. The summed E-state index contributed by atoms with van der Waals surface area (Å²) < 4.78 is 59.2. The van der Waals surface area contributed by atoms with Gasteiger partial charge in [0.2, 0.25) is 0 Å². The lowest BCUT2D eigenvalue weighted by Gasteiger charge is -2.38. The topological polar surface area (TPSA) is 21.3 Å². The van der Waals surface area contributed by atoms with Crippen LogP contribution in [0.2, 0.25) is 0 Å². The molecule has 1 aliphatic heterocycles. The molecule has 0 spiro atoms. The first-order chi connectivity index (χ1) is 15.4. The summed E-state index contributed by atoms with van der Waals surface area (Å²) >= 11 is 0. The first kappa shape index (κ1) is 25.2. The third-order valence-electron chi connectivity index (χ3n) is 5.96. The minimum absolute atomic E-state index is 0. The van der Waals surface area contributed by atoms with Gasteiger partial charge in [-0.3, -0.25) is 0 Å². The normalized spacial score (nSPS) is 18.7. The summed E-state index contributed by atoms with van der Waals surface area (Å²) in [5.41, 5.74) is 1.51. The minimum Gasteiger partial charge on any atom is -0.373 e. The standard InChI is InChI=1S/C26H25F4NO.ClH/c27-22-14-18(13-21(15-22)26(28,29)30)17-32-24-11-12-31-16-23(24)25(19-7-3-1-4-8-19)20-9-5-2-6-10-20;/h1-10,13-15,23-25,31H,11-12,16-17H2;1H/t23-,24+;/m0./s1. The number of halogens is 5. The van der Waals surface area contributed by atoms with Crippen LogP contribution in [0.1, 0.15) is 34.6 Å². The van der Waals surface area contributed by atoms with Gasteiger partial charge in [-0.15, -0.1) is 12.4 Å². The van der Waals surface area contributed by atoms with E-state index < -0.39 is 17.6 Å². The molecule has 0 radical (unpaired) electrons. The van der Waals surface area contributed by atoms with Gasteiger partial charge in [-0.25, -0.2) is 4.39 Å². The fourth-order valence-electron chi connectivity index (χ4n) is 4.51. The Morgan fingerprint density at radius 2 is 1.52 bits per heavy atom. The van der Waals surface area contributed by atoms with Crippen molar-refractivity contribution >= 4 is 12.4 Å². The summed E-state index contributed by atoms with van der Waals surface area (Å²) in [5.74, 6) is -0.774. The highest BCUT2D eigenvalue weighted by molar-refractivity contribution is 5.85. The van der Waals surface area contributed by atoms with Crippen molar-refractivity contribution in [2.45, 2.75) is 31.2 Å². The van der Waals surface area contributed by atoms with Gasteiger partial charge in [-0.1, -0.05) is 60.7 Å². The van der Waals surface area contributed by atoms with Crippen molar-refractivity contribution in [1.29, 1.82) is 0 Å². The molecule has 1 fully saturated rings. The van der Waals surface area contributed by atoms with Crippen LogP contribution in [-0.2, 0) is 17.5 Å². The highest BCUT2D eigenvalue weighted by atomic mass is 35.5. The number of alkyl halides is 3. The van der Waals surface area contributed by atoms with E-state index in [2.05, 4.69) is 29.6 Å². The molecule has 1 N–H and O–H groups in total. The molecule has 3 aromatic carbocycles. The number of rotatable bonds is 6. The van der Waals surface area contributed by atoms with Crippen LogP contribution in [0.3, 0.4) is 0 Å². The first-order valence-corrected chi connectivity index (χ1v) is 10.7. The van der Waals surface area contributed by atoms with Crippen LogP contribution in [0.4, 0.5) is 17.6 Å². The van der Waals surface area contributed by atoms with Crippen molar-refractivity contribution in [3.05, 3.63) is 107 Å². The second kappa shape index (κ2) is 11.1.